The fraction of sp³-hybridized carbons (Fsp3) is 0.625. The summed E-state index contributed by atoms with van der Waals surface area (Å²) in [5.41, 5.74) is 4.89. The Hall–Kier alpha value is -2.21. The zero-order chi connectivity index (χ0) is 22.1. The highest BCUT2D eigenvalue weighted by Crippen LogP contribution is 2.31. The summed E-state index contributed by atoms with van der Waals surface area (Å²) in [5, 5.41) is 16.2. The highest BCUT2D eigenvalue weighted by molar-refractivity contribution is 5.75. The molecule has 2 aromatic heterocycles. The maximum Gasteiger partial charge on any atom is 0.148 e. The maximum absolute atomic E-state index is 9.18. The minimum atomic E-state index is 0.155. The third kappa shape index (κ3) is 5.91. The Morgan fingerprint density at radius 3 is 2.17 bits per heavy atom. The van der Waals surface area contributed by atoms with Gasteiger partial charge in [0.15, 0.2) is 0 Å². The monoisotopic (exact) mass is 413 g/mol. The summed E-state index contributed by atoms with van der Waals surface area (Å²) in [6.45, 7) is 13.7. The van der Waals surface area contributed by atoms with Gasteiger partial charge in [-0.15, -0.1) is 0 Å². The number of hydrogen-bond acceptors (Lipinski definition) is 6. The SMILES string of the molecule is CCc1nc(-c2ccc(C(C)C)nc2NCCCO)c(CC)nc1NC(CC)CC. The number of pyridine rings is 1. The number of aromatic nitrogens is 3. The summed E-state index contributed by atoms with van der Waals surface area (Å²) in [5.74, 6) is 2.07. The number of aryl methyl sites for hydroxylation is 2. The van der Waals surface area contributed by atoms with Gasteiger partial charge in [0.25, 0.3) is 0 Å². The van der Waals surface area contributed by atoms with Crippen molar-refractivity contribution in [2.45, 2.75) is 85.6 Å². The summed E-state index contributed by atoms with van der Waals surface area (Å²) in [7, 11) is 0. The number of aliphatic hydroxyl groups excluding tert-OH is 1. The van der Waals surface area contributed by atoms with Crippen molar-refractivity contribution in [3.05, 3.63) is 29.2 Å². The fourth-order valence-corrected chi connectivity index (χ4v) is 3.42. The van der Waals surface area contributed by atoms with E-state index in [1.165, 1.54) is 0 Å². The molecular formula is C24H39N5O. The van der Waals surface area contributed by atoms with Crippen LogP contribution in [-0.2, 0) is 12.8 Å². The zero-order valence-electron chi connectivity index (χ0n) is 19.5. The molecule has 0 saturated carbocycles. The molecule has 0 unspecified atom stereocenters. The topological polar surface area (TPSA) is 83.0 Å². The van der Waals surface area contributed by atoms with Crippen molar-refractivity contribution in [2.24, 2.45) is 0 Å². The van der Waals surface area contributed by atoms with Gasteiger partial charge in [0, 0.05) is 30.5 Å². The van der Waals surface area contributed by atoms with Crippen molar-refractivity contribution in [2.75, 3.05) is 23.8 Å². The molecule has 6 heteroatoms. The Morgan fingerprint density at radius 2 is 1.60 bits per heavy atom. The van der Waals surface area contributed by atoms with Crippen LogP contribution < -0.4 is 10.6 Å². The first-order valence-corrected chi connectivity index (χ1v) is 11.5. The van der Waals surface area contributed by atoms with Crippen LogP contribution in [0.3, 0.4) is 0 Å². The smallest absolute Gasteiger partial charge is 0.148 e. The number of nitrogens with zero attached hydrogens (tertiary/aromatic N) is 3. The van der Waals surface area contributed by atoms with E-state index in [4.69, 9.17) is 15.0 Å². The second-order valence-electron chi connectivity index (χ2n) is 7.97. The van der Waals surface area contributed by atoms with Crippen molar-refractivity contribution in [1.29, 1.82) is 0 Å². The summed E-state index contributed by atoms with van der Waals surface area (Å²) >= 11 is 0. The van der Waals surface area contributed by atoms with Gasteiger partial charge in [0.05, 0.1) is 17.1 Å². The lowest BCUT2D eigenvalue weighted by molar-refractivity contribution is 0.292. The Labute approximate surface area is 182 Å². The van der Waals surface area contributed by atoms with E-state index in [1.807, 2.05) is 0 Å². The molecule has 0 aliphatic rings. The molecule has 0 aromatic carbocycles. The van der Waals surface area contributed by atoms with E-state index in [9.17, 15) is 5.11 Å². The van der Waals surface area contributed by atoms with Crippen molar-refractivity contribution < 1.29 is 5.11 Å². The van der Waals surface area contributed by atoms with Crippen LogP contribution in [0.1, 0.15) is 83.8 Å². The molecule has 0 amide bonds. The minimum absolute atomic E-state index is 0.155. The highest BCUT2D eigenvalue weighted by atomic mass is 16.3. The average molecular weight is 414 g/mol. The molecule has 0 radical (unpaired) electrons. The third-order valence-corrected chi connectivity index (χ3v) is 5.43. The van der Waals surface area contributed by atoms with Crippen LogP contribution in [0.4, 0.5) is 11.6 Å². The van der Waals surface area contributed by atoms with Crippen LogP contribution in [0, 0.1) is 0 Å². The van der Waals surface area contributed by atoms with E-state index >= 15 is 0 Å². The largest absolute Gasteiger partial charge is 0.396 e. The van der Waals surface area contributed by atoms with Gasteiger partial charge >= 0.3 is 0 Å². The number of rotatable bonds is 12. The number of nitrogens with one attached hydrogen (secondary N) is 2. The van der Waals surface area contributed by atoms with Crippen LogP contribution in [0.15, 0.2) is 12.1 Å². The molecule has 6 nitrogen and oxygen atoms in total. The lowest BCUT2D eigenvalue weighted by atomic mass is 10.0. The Bertz CT molecular complexity index is 802. The van der Waals surface area contributed by atoms with Crippen molar-refractivity contribution in [3.63, 3.8) is 0 Å². The van der Waals surface area contributed by atoms with E-state index in [1.54, 1.807) is 0 Å². The van der Waals surface area contributed by atoms with Crippen LogP contribution in [0.2, 0.25) is 0 Å². The van der Waals surface area contributed by atoms with Gasteiger partial charge in [-0.2, -0.15) is 0 Å². The molecule has 0 saturated heterocycles. The fourth-order valence-electron chi connectivity index (χ4n) is 3.42. The average Bonchev–Trinajstić information content (AvgIpc) is 2.77. The van der Waals surface area contributed by atoms with Crippen LogP contribution >= 0.6 is 0 Å². The second-order valence-corrected chi connectivity index (χ2v) is 7.97. The third-order valence-electron chi connectivity index (χ3n) is 5.43. The molecule has 0 atom stereocenters. The molecule has 0 aliphatic carbocycles. The van der Waals surface area contributed by atoms with Crippen LogP contribution in [-0.4, -0.2) is 39.3 Å². The number of aliphatic hydroxyl groups is 1. The lowest BCUT2D eigenvalue weighted by Crippen LogP contribution is -2.20. The molecule has 0 spiro atoms. The standard InChI is InChI=1S/C24H39N5O/c1-7-17(8-2)26-24-20(10-4)27-22(19(9-3)28-24)18-12-13-21(16(5)6)29-23(18)25-14-11-15-30/h12-13,16-17,30H,7-11,14-15H2,1-6H3,(H,25,29)(H,26,28). The molecule has 3 N–H and O–H groups in total. The highest BCUT2D eigenvalue weighted by Gasteiger charge is 2.19. The van der Waals surface area contributed by atoms with Crippen LogP contribution in [0.25, 0.3) is 11.3 Å². The van der Waals surface area contributed by atoms with Gasteiger partial charge in [0.1, 0.15) is 11.6 Å². The molecule has 166 valence electrons. The number of anilines is 2. The van der Waals surface area contributed by atoms with Crippen molar-refractivity contribution in [3.8, 4) is 11.3 Å². The number of hydrogen-bond donors (Lipinski definition) is 3. The first-order chi connectivity index (χ1) is 14.5. The van der Waals surface area contributed by atoms with Crippen molar-refractivity contribution in [1.82, 2.24) is 15.0 Å². The van der Waals surface area contributed by atoms with Gasteiger partial charge in [-0.25, -0.2) is 15.0 Å². The summed E-state index contributed by atoms with van der Waals surface area (Å²) in [6, 6.07) is 4.60. The molecule has 0 bridgehead atoms. The van der Waals surface area contributed by atoms with E-state index < -0.39 is 0 Å². The molecule has 30 heavy (non-hydrogen) atoms. The predicted molar refractivity (Wildman–Crippen MR) is 126 cm³/mol. The summed E-state index contributed by atoms with van der Waals surface area (Å²) in [4.78, 5) is 14.9. The second kappa shape index (κ2) is 11.8. The van der Waals surface area contributed by atoms with Crippen LogP contribution in [0.5, 0.6) is 0 Å². The normalized spacial score (nSPS) is 11.4. The predicted octanol–water partition coefficient (Wildman–Crippen LogP) is 5.18. The molecule has 2 rings (SSSR count). The molecule has 0 fully saturated rings. The summed E-state index contributed by atoms with van der Waals surface area (Å²) in [6.07, 6.45) is 4.41. The van der Waals surface area contributed by atoms with Crippen molar-refractivity contribution >= 4 is 11.6 Å². The lowest BCUT2D eigenvalue weighted by Gasteiger charge is -2.20. The summed E-state index contributed by atoms with van der Waals surface area (Å²) < 4.78 is 0. The first kappa shape index (κ1) is 24.1. The van der Waals surface area contributed by atoms with E-state index in [0.717, 1.165) is 65.7 Å². The Balaban J connectivity index is 2.55. The minimum Gasteiger partial charge on any atom is -0.396 e. The first-order valence-electron chi connectivity index (χ1n) is 11.5. The van der Waals surface area contributed by atoms with E-state index in [2.05, 4.69) is 64.3 Å². The zero-order valence-corrected chi connectivity index (χ0v) is 19.5. The van der Waals surface area contributed by atoms with E-state index in [-0.39, 0.29) is 6.61 Å². The Morgan fingerprint density at radius 1 is 0.900 bits per heavy atom. The maximum atomic E-state index is 9.18. The van der Waals surface area contributed by atoms with Gasteiger partial charge in [-0.1, -0.05) is 41.5 Å². The van der Waals surface area contributed by atoms with E-state index in [0.29, 0.717) is 24.9 Å². The quantitative estimate of drug-likeness (QED) is 0.416. The molecule has 2 heterocycles. The van der Waals surface area contributed by atoms with Gasteiger partial charge < -0.3 is 15.7 Å². The molecular weight excluding hydrogens is 374 g/mol. The van der Waals surface area contributed by atoms with Gasteiger partial charge in [-0.05, 0) is 50.2 Å². The Kier molecular flexibility index (Phi) is 9.50. The molecule has 0 aliphatic heterocycles. The van der Waals surface area contributed by atoms with Gasteiger partial charge in [0.2, 0.25) is 0 Å². The van der Waals surface area contributed by atoms with Gasteiger partial charge in [-0.3, -0.25) is 0 Å². The molecule has 2 aromatic rings.